The molecule has 186 valence electrons. The zero-order valence-corrected chi connectivity index (χ0v) is 21.1. The van der Waals surface area contributed by atoms with E-state index in [1.165, 1.54) is 17.4 Å². The molecule has 0 radical (unpaired) electrons. The lowest BCUT2D eigenvalue weighted by molar-refractivity contribution is 0.0908. The lowest BCUT2D eigenvalue weighted by atomic mass is 10.2. The molecule has 0 bridgehead atoms. The Balaban J connectivity index is 1.32. The molecule has 2 aromatic heterocycles. The van der Waals surface area contributed by atoms with Crippen molar-refractivity contribution in [2.45, 2.75) is 17.8 Å². The number of rotatable bonds is 10. The van der Waals surface area contributed by atoms with Crippen LogP contribution in [0.2, 0.25) is 0 Å². The predicted molar refractivity (Wildman–Crippen MR) is 137 cm³/mol. The van der Waals surface area contributed by atoms with Crippen molar-refractivity contribution in [3.63, 3.8) is 0 Å². The summed E-state index contributed by atoms with van der Waals surface area (Å²) in [6, 6.07) is 13.7. The van der Waals surface area contributed by atoms with Crippen LogP contribution in [0.5, 0.6) is 5.75 Å². The number of furan rings is 1. The van der Waals surface area contributed by atoms with E-state index in [4.69, 9.17) is 18.9 Å². The van der Waals surface area contributed by atoms with Crippen LogP contribution in [0.4, 0.5) is 11.5 Å². The van der Waals surface area contributed by atoms with Crippen LogP contribution in [0.25, 0.3) is 0 Å². The van der Waals surface area contributed by atoms with Crippen LogP contribution in [-0.2, 0) is 10.5 Å². The lowest BCUT2D eigenvalue weighted by Crippen LogP contribution is -2.46. The summed E-state index contributed by atoms with van der Waals surface area (Å²) in [6.45, 7) is 6.48. The number of piperazine rings is 1. The molecule has 3 aromatic rings. The number of aryl methyl sites for hydroxylation is 1. The standard InChI is InChI=1S/C25H31N5O4S/c1-18-16-23(30-13-11-29(12-14-30)19-4-6-20(33-3)7-5-19)28-25(27-18)35-17-21-8-9-22(34-21)24(31)26-10-15-32-2/h4-9,16H,10-15,17H2,1-3H3,(H,26,31). The highest BCUT2D eigenvalue weighted by atomic mass is 32.2. The number of carbonyl (C=O) groups excluding carboxylic acids is 1. The fourth-order valence-electron chi connectivity index (χ4n) is 3.81. The molecule has 0 unspecified atom stereocenters. The third kappa shape index (κ3) is 6.67. The Hall–Kier alpha value is -3.24. The molecule has 0 atom stereocenters. The zero-order valence-electron chi connectivity index (χ0n) is 20.3. The molecule has 1 N–H and O–H groups in total. The average molecular weight is 498 g/mol. The second kappa shape index (κ2) is 11.9. The van der Waals surface area contributed by atoms with Gasteiger partial charge in [0.15, 0.2) is 10.9 Å². The van der Waals surface area contributed by atoms with Crippen molar-refractivity contribution in [1.82, 2.24) is 15.3 Å². The van der Waals surface area contributed by atoms with Gasteiger partial charge in [0, 0.05) is 57.3 Å². The van der Waals surface area contributed by atoms with Gasteiger partial charge in [0.25, 0.3) is 5.91 Å². The second-order valence-corrected chi connectivity index (χ2v) is 9.07. The number of nitrogens with zero attached hydrogens (tertiary/aromatic N) is 4. The highest BCUT2D eigenvalue weighted by molar-refractivity contribution is 7.98. The number of thioether (sulfide) groups is 1. The van der Waals surface area contributed by atoms with E-state index in [0.29, 0.717) is 29.8 Å². The minimum atomic E-state index is -0.249. The monoisotopic (exact) mass is 497 g/mol. The normalized spacial score (nSPS) is 13.7. The van der Waals surface area contributed by atoms with E-state index in [9.17, 15) is 4.79 Å². The van der Waals surface area contributed by atoms with Gasteiger partial charge in [-0.3, -0.25) is 4.79 Å². The number of ether oxygens (including phenoxy) is 2. The van der Waals surface area contributed by atoms with Gasteiger partial charge in [0.2, 0.25) is 0 Å². The average Bonchev–Trinajstić information content (AvgIpc) is 3.37. The number of hydrogen-bond acceptors (Lipinski definition) is 9. The smallest absolute Gasteiger partial charge is 0.287 e. The molecule has 1 aliphatic rings. The Labute approximate surface area is 209 Å². The fraction of sp³-hybridized carbons (Fsp3) is 0.400. The molecule has 1 aliphatic heterocycles. The first-order chi connectivity index (χ1) is 17.1. The van der Waals surface area contributed by atoms with Gasteiger partial charge in [-0.2, -0.15) is 0 Å². The first-order valence-electron chi connectivity index (χ1n) is 11.5. The molecule has 0 aliphatic carbocycles. The number of anilines is 2. The second-order valence-electron chi connectivity index (χ2n) is 8.13. The van der Waals surface area contributed by atoms with Crippen molar-refractivity contribution in [3.8, 4) is 5.75 Å². The predicted octanol–water partition coefficient (Wildman–Crippen LogP) is 3.38. The number of amides is 1. The van der Waals surface area contributed by atoms with Crippen LogP contribution >= 0.6 is 11.8 Å². The summed E-state index contributed by atoms with van der Waals surface area (Å²) < 4.78 is 15.9. The molecule has 4 rings (SSSR count). The van der Waals surface area contributed by atoms with E-state index < -0.39 is 0 Å². The van der Waals surface area contributed by atoms with Crippen LogP contribution in [-0.4, -0.2) is 69.4 Å². The van der Waals surface area contributed by atoms with Gasteiger partial charge in [0.05, 0.1) is 19.5 Å². The van der Waals surface area contributed by atoms with Crippen molar-refractivity contribution in [2.24, 2.45) is 0 Å². The topological polar surface area (TPSA) is 93.0 Å². The van der Waals surface area contributed by atoms with Gasteiger partial charge >= 0.3 is 0 Å². The summed E-state index contributed by atoms with van der Waals surface area (Å²) in [5, 5.41) is 3.45. The summed E-state index contributed by atoms with van der Waals surface area (Å²) in [6.07, 6.45) is 0. The van der Waals surface area contributed by atoms with E-state index in [0.717, 1.165) is 43.4 Å². The van der Waals surface area contributed by atoms with Crippen LogP contribution in [0, 0.1) is 6.92 Å². The van der Waals surface area contributed by atoms with Crippen LogP contribution in [0.15, 0.2) is 52.0 Å². The molecular weight excluding hydrogens is 466 g/mol. The molecule has 10 heteroatoms. The van der Waals surface area contributed by atoms with E-state index >= 15 is 0 Å². The molecule has 1 fully saturated rings. The highest BCUT2D eigenvalue weighted by Crippen LogP contribution is 2.26. The van der Waals surface area contributed by atoms with Crippen molar-refractivity contribution in [1.29, 1.82) is 0 Å². The van der Waals surface area contributed by atoms with Crippen LogP contribution in [0.1, 0.15) is 22.0 Å². The van der Waals surface area contributed by atoms with Gasteiger partial charge in [0.1, 0.15) is 17.3 Å². The van der Waals surface area contributed by atoms with Gasteiger partial charge < -0.3 is 29.0 Å². The number of benzene rings is 1. The zero-order chi connectivity index (χ0) is 24.6. The maximum Gasteiger partial charge on any atom is 0.287 e. The molecule has 9 nitrogen and oxygen atoms in total. The maximum atomic E-state index is 12.1. The minimum Gasteiger partial charge on any atom is -0.497 e. The molecule has 3 heterocycles. The number of aromatic nitrogens is 2. The SMILES string of the molecule is COCCNC(=O)c1ccc(CSc2nc(C)cc(N3CCN(c4ccc(OC)cc4)CC3)n2)o1. The molecule has 0 saturated carbocycles. The molecule has 35 heavy (non-hydrogen) atoms. The van der Waals surface area contributed by atoms with E-state index in [-0.39, 0.29) is 11.7 Å². The Morgan fingerprint density at radius 2 is 1.80 bits per heavy atom. The quantitative estimate of drug-likeness (QED) is 0.257. The third-order valence-electron chi connectivity index (χ3n) is 5.68. The molecule has 1 saturated heterocycles. The Morgan fingerprint density at radius 1 is 1.06 bits per heavy atom. The first-order valence-corrected chi connectivity index (χ1v) is 12.5. The van der Waals surface area contributed by atoms with Gasteiger partial charge in [-0.25, -0.2) is 9.97 Å². The Kier molecular flexibility index (Phi) is 8.49. The first kappa shape index (κ1) is 24.9. The largest absolute Gasteiger partial charge is 0.497 e. The van der Waals surface area contributed by atoms with Crippen LogP contribution < -0.4 is 19.9 Å². The molecule has 0 spiro atoms. The highest BCUT2D eigenvalue weighted by Gasteiger charge is 2.20. The third-order valence-corrected chi connectivity index (χ3v) is 6.55. The number of nitrogens with one attached hydrogen (secondary N) is 1. The van der Waals surface area contributed by atoms with E-state index in [1.807, 2.05) is 31.2 Å². The van der Waals surface area contributed by atoms with Crippen molar-refractivity contribution in [3.05, 3.63) is 59.7 Å². The lowest BCUT2D eigenvalue weighted by Gasteiger charge is -2.36. The summed E-state index contributed by atoms with van der Waals surface area (Å²) in [4.78, 5) is 26.2. The fourth-order valence-corrected chi connectivity index (χ4v) is 4.60. The maximum absolute atomic E-state index is 12.1. The number of hydrogen-bond donors (Lipinski definition) is 1. The van der Waals surface area contributed by atoms with Gasteiger partial charge in [-0.15, -0.1) is 0 Å². The van der Waals surface area contributed by atoms with Crippen LogP contribution in [0.3, 0.4) is 0 Å². The summed E-state index contributed by atoms with van der Waals surface area (Å²) >= 11 is 1.50. The number of methoxy groups -OCH3 is 2. The summed E-state index contributed by atoms with van der Waals surface area (Å²) in [5.74, 6) is 3.08. The van der Waals surface area contributed by atoms with E-state index in [1.54, 1.807) is 20.3 Å². The van der Waals surface area contributed by atoms with Crippen molar-refractivity contribution < 1.29 is 18.7 Å². The minimum absolute atomic E-state index is 0.249. The Bertz CT molecular complexity index is 1110. The van der Waals surface area contributed by atoms with Gasteiger partial charge in [-0.1, -0.05) is 11.8 Å². The summed E-state index contributed by atoms with van der Waals surface area (Å²) in [7, 11) is 3.27. The van der Waals surface area contributed by atoms with Gasteiger partial charge in [-0.05, 0) is 43.3 Å². The molecule has 1 amide bonds. The van der Waals surface area contributed by atoms with E-state index in [2.05, 4.69) is 32.2 Å². The Morgan fingerprint density at radius 3 is 2.51 bits per heavy atom. The molecular formula is C25H31N5O4S. The number of carbonyl (C=O) groups is 1. The summed E-state index contributed by atoms with van der Waals surface area (Å²) in [5.41, 5.74) is 2.12. The molecule has 1 aromatic carbocycles. The van der Waals surface area contributed by atoms with Crippen molar-refractivity contribution in [2.75, 3.05) is 63.4 Å². The van der Waals surface area contributed by atoms with Crippen molar-refractivity contribution >= 4 is 29.2 Å².